The molecule has 0 aliphatic heterocycles. The van der Waals surface area contributed by atoms with E-state index in [4.69, 9.17) is 0 Å². The Hall–Kier alpha value is -1.40. The highest BCUT2D eigenvalue weighted by atomic mass is 32.2. The minimum Gasteiger partial charge on any atom is -0.342 e. The molecule has 0 saturated heterocycles. The third-order valence-electron chi connectivity index (χ3n) is 2.93. The van der Waals surface area contributed by atoms with Crippen molar-refractivity contribution in [2.75, 3.05) is 5.75 Å². The Morgan fingerprint density at radius 1 is 1.37 bits per heavy atom. The lowest BCUT2D eigenvalue weighted by atomic mass is 10.2. The van der Waals surface area contributed by atoms with E-state index in [1.807, 2.05) is 32.0 Å². The molecule has 0 aliphatic rings. The molecule has 2 rings (SSSR count). The van der Waals surface area contributed by atoms with E-state index < -0.39 is 10.0 Å². The van der Waals surface area contributed by atoms with Gasteiger partial charge in [0.05, 0.1) is 16.8 Å². The maximum Gasteiger partial charge on any atom is 0.211 e. The van der Waals surface area contributed by atoms with Gasteiger partial charge in [0.15, 0.2) is 0 Å². The maximum absolute atomic E-state index is 11.7. The molecule has 0 amide bonds. The molecule has 0 unspecified atom stereocenters. The van der Waals surface area contributed by atoms with E-state index in [2.05, 4.69) is 14.7 Å². The summed E-state index contributed by atoms with van der Waals surface area (Å²) in [4.78, 5) is 7.45. The van der Waals surface area contributed by atoms with E-state index in [1.54, 1.807) is 0 Å². The summed E-state index contributed by atoms with van der Waals surface area (Å²) >= 11 is 0. The quantitative estimate of drug-likeness (QED) is 0.851. The number of aromatic nitrogens is 2. The molecule has 2 aromatic rings. The fraction of sp³-hybridized carbons (Fsp3) is 0.462. The van der Waals surface area contributed by atoms with Gasteiger partial charge in [-0.05, 0) is 31.0 Å². The Morgan fingerprint density at radius 2 is 2.16 bits per heavy atom. The summed E-state index contributed by atoms with van der Waals surface area (Å²) in [5.41, 5.74) is 2.76. The molecule has 1 aromatic heterocycles. The standard InChI is InChI=1S/C13H19N3O2S/c1-3-4-7-19(17,18)14-9-11-5-6-12-13(8-11)16-10(2)15-12/h5-6,8,14H,3-4,7,9H2,1-2H3,(H,15,16). The SMILES string of the molecule is CCCCS(=O)(=O)NCc1ccc2nc(C)[nH]c2c1. The van der Waals surface area contributed by atoms with E-state index in [0.29, 0.717) is 13.0 Å². The molecular weight excluding hydrogens is 262 g/mol. The van der Waals surface area contributed by atoms with Gasteiger partial charge < -0.3 is 4.98 Å². The van der Waals surface area contributed by atoms with Crippen molar-refractivity contribution in [1.82, 2.24) is 14.7 Å². The van der Waals surface area contributed by atoms with Crippen LogP contribution in [0.3, 0.4) is 0 Å². The van der Waals surface area contributed by atoms with Crippen molar-refractivity contribution in [3.05, 3.63) is 29.6 Å². The first-order chi connectivity index (χ1) is 9.00. The number of hydrogen-bond acceptors (Lipinski definition) is 3. The number of hydrogen-bond donors (Lipinski definition) is 2. The summed E-state index contributed by atoms with van der Waals surface area (Å²) in [7, 11) is -3.17. The van der Waals surface area contributed by atoms with Gasteiger partial charge in [-0.2, -0.15) is 0 Å². The molecule has 0 radical (unpaired) electrons. The second-order valence-corrected chi connectivity index (χ2v) is 6.59. The van der Waals surface area contributed by atoms with Crippen LogP contribution in [-0.2, 0) is 16.6 Å². The van der Waals surface area contributed by atoms with Crippen LogP contribution in [0.2, 0.25) is 0 Å². The average molecular weight is 281 g/mol. The number of nitrogens with zero attached hydrogens (tertiary/aromatic N) is 1. The molecule has 6 heteroatoms. The molecule has 1 aromatic carbocycles. The minimum atomic E-state index is -3.17. The predicted molar refractivity (Wildman–Crippen MR) is 76.4 cm³/mol. The Kier molecular flexibility index (Phi) is 4.21. The van der Waals surface area contributed by atoms with Crippen LogP contribution >= 0.6 is 0 Å². The molecule has 0 saturated carbocycles. The molecule has 2 N–H and O–H groups in total. The number of aryl methyl sites for hydroxylation is 1. The van der Waals surface area contributed by atoms with Crippen LogP contribution in [0.1, 0.15) is 31.2 Å². The van der Waals surface area contributed by atoms with Gasteiger partial charge in [-0.1, -0.05) is 19.4 Å². The smallest absolute Gasteiger partial charge is 0.211 e. The molecule has 0 atom stereocenters. The normalized spacial score (nSPS) is 12.1. The largest absolute Gasteiger partial charge is 0.342 e. The Morgan fingerprint density at radius 3 is 2.89 bits per heavy atom. The Bertz CT molecular complexity index is 662. The monoisotopic (exact) mass is 281 g/mol. The van der Waals surface area contributed by atoms with Gasteiger partial charge in [-0.3, -0.25) is 0 Å². The van der Waals surface area contributed by atoms with Crippen LogP contribution in [0.5, 0.6) is 0 Å². The van der Waals surface area contributed by atoms with Crippen molar-refractivity contribution < 1.29 is 8.42 Å². The third kappa shape index (κ3) is 3.78. The van der Waals surface area contributed by atoms with Gasteiger partial charge in [0.1, 0.15) is 5.82 Å². The second-order valence-electron chi connectivity index (χ2n) is 4.67. The van der Waals surface area contributed by atoms with Crippen molar-refractivity contribution in [3.8, 4) is 0 Å². The van der Waals surface area contributed by atoms with Gasteiger partial charge in [-0.15, -0.1) is 0 Å². The summed E-state index contributed by atoms with van der Waals surface area (Å²) in [5, 5.41) is 0. The first-order valence-corrected chi connectivity index (χ1v) is 8.08. The number of unbranched alkanes of at least 4 members (excludes halogenated alkanes) is 1. The number of imidazole rings is 1. The first-order valence-electron chi connectivity index (χ1n) is 6.43. The lowest BCUT2D eigenvalue weighted by Crippen LogP contribution is -2.25. The third-order valence-corrected chi connectivity index (χ3v) is 4.34. The molecular formula is C13H19N3O2S. The zero-order valence-electron chi connectivity index (χ0n) is 11.2. The van der Waals surface area contributed by atoms with Gasteiger partial charge in [0.2, 0.25) is 10.0 Å². The lowest BCUT2D eigenvalue weighted by Gasteiger charge is -2.06. The van der Waals surface area contributed by atoms with Crippen molar-refractivity contribution in [2.45, 2.75) is 33.2 Å². The van der Waals surface area contributed by atoms with Gasteiger partial charge >= 0.3 is 0 Å². The number of rotatable bonds is 6. The maximum atomic E-state index is 11.7. The van der Waals surface area contributed by atoms with E-state index >= 15 is 0 Å². The zero-order valence-corrected chi connectivity index (χ0v) is 12.0. The number of H-pyrrole nitrogens is 1. The van der Waals surface area contributed by atoms with E-state index in [-0.39, 0.29) is 5.75 Å². The summed E-state index contributed by atoms with van der Waals surface area (Å²) in [6.45, 7) is 4.19. The summed E-state index contributed by atoms with van der Waals surface area (Å²) < 4.78 is 26.0. The van der Waals surface area contributed by atoms with Crippen LogP contribution in [0.4, 0.5) is 0 Å². The predicted octanol–water partition coefficient (Wildman–Crippen LogP) is 2.09. The highest BCUT2D eigenvalue weighted by Crippen LogP contribution is 2.13. The number of aromatic amines is 1. The van der Waals surface area contributed by atoms with E-state index in [9.17, 15) is 8.42 Å². The second kappa shape index (κ2) is 5.71. The lowest BCUT2D eigenvalue weighted by molar-refractivity contribution is 0.578. The number of benzene rings is 1. The van der Waals surface area contributed by atoms with Crippen molar-refractivity contribution in [3.63, 3.8) is 0 Å². The first kappa shape index (κ1) is 14.0. The fourth-order valence-corrected chi connectivity index (χ4v) is 3.09. The Labute approximate surface area is 113 Å². The van der Waals surface area contributed by atoms with Crippen LogP contribution in [0, 0.1) is 6.92 Å². The molecule has 0 bridgehead atoms. The van der Waals surface area contributed by atoms with Crippen molar-refractivity contribution in [1.29, 1.82) is 0 Å². The molecule has 5 nitrogen and oxygen atoms in total. The fourth-order valence-electron chi connectivity index (χ4n) is 1.89. The van der Waals surface area contributed by atoms with E-state index in [0.717, 1.165) is 28.8 Å². The Balaban J connectivity index is 2.05. The molecule has 0 spiro atoms. The number of sulfonamides is 1. The molecule has 19 heavy (non-hydrogen) atoms. The van der Waals surface area contributed by atoms with Crippen LogP contribution in [0.15, 0.2) is 18.2 Å². The molecule has 1 heterocycles. The molecule has 104 valence electrons. The summed E-state index contributed by atoms with van der Waals surface area (Å²) in [6.07, 6.45) is 1.56. The number of nitrogens with one attached hydrogen (secondary N) is 2. The highest BCUT2D eigenvalue weighted by Gasteiger charge is 2.09. The van der Waals surface area contributed by atoms with E-state index in [1.165, 1.54) is 0 Å². The van der Waals surface area contributed by atoms with Gasteiger partial charge in [-0.25, -0.2) is 18.1 Å². The summed E-state index contributed by atoms with van der Waals surface area (Å²) in [6, 6.07) is 5.72. The van der Waals surface area contributed by atoms with Gasteiger partial charge in [0.25, 0.3) is 0 Å². The minimum absolute atomic E-state index is 0.189. The van der Waals surface area contributed by atoms with Crippen molar-refractivity contribution >= 4 is 21.1 Å². The summed E-state index contributed by atoms with van der Waals surface area (Å²) in [5.74, 6) is 1.05. The van der Waals surface area contributed by atoms with Crippen LogP contribution in [0.25, 0.3) is 11.0 Å². The van der Waals surface area contributed by atoms with Crippen LogP contribution < -0.4 is 4.72 Å². The number of fused-ring (bicyclic) bond motifs is 1. The molecule has 0 aliphatic carbocycles. The highest BCUT2D eigenvalue weighted by molar-refractivity contribution is 7.89. The zero-order chi connectivity index (χ0) is 13.9. The van der Waals surface area contributed by atoms with Crippen molar-refractivity contribution in [2.24, 2.45) is 0 Å². The molecule has 0 fully saturated rings. The topological polar surface area (TPSA) is 74.8 Å². The van der Waals surface area contributed by atoms with Crippen LogP contribution in [-0.4, -0.2) is 24.1 Å². The van der Waals surface area contributed by atoms with Gasteiger partial charge in [0, 0.05) is 6.54 Å². The average Bonchev–Trinajstić information content (AvgIpc) is 2.73.